The summed E-state index contributed by atoms with van der Waals surface area (Å²) in [6.45, 7) is 2.42. The Bertz CT molecular complexity index is 190. The van der Waals surface area contributed by atoms with Crippen molar-refractivity contribution in [3.05, 3.63) is 36.5 Å². The van der Waals surface area contributed by atoms with E-state index in [0.717, 1.165) is 32.1 Å². The Labute approximate surface area is 94.2 Å². The molecule has 0 fully saturated rings. The Kier molecular flexibility index (Phi) is 12.5. The predicted octanol–water partition coefficient (Wildman–Crippen LogP) is 4.01. The summed E-state index contributed by atoms with van der Waals surface area (Å²) in [5, 5.41) is 8.54. The maximum absolute atomic E-state index is 8.54. The van der Waals surface area contributed by atoms with E-state index in [-0.39, 0.29) is 6.61 Å². The molecule has 0 aliphatic carbocycles. The molecule has 0 aliphatic rings. The molecule has 0 radical (unpaired) electrons. The normalized spacial score (nSPS) is 12.4. The van der Waals surface area contributed by atoms with Crippen LogP contribution in [0.25, 0.3) is 0 Å². The van der Waals surface area contributed by atoms with Crippen molar-refractivity contribution in [2.24, 2.45) is 0 Å². The van der Waals surface area contributed by atoms with E-state index >= 15 is 0 Å². The fourth-order valence-electron chi connectivity index (χ4n) is 1.22. The molecule has 0 unspecified atom stereocenters. The summed E-state index contributed by atoms with van der Waals surface area (Å²) in [6, 6.07) is 0. The van der Waals surface area contributed by atoms with Gasteiger partial charge in [0.15, 0.2) is 0 Å². The van der Waals surface area contributed by atoms with Gasteiger partial charge < -0.3 is 5.11 Å². The summed E-state index contributed by atoms with van der Waals surface area (Å²) in [5.74, 6) is 0. The molecule has 0 aliphatic heterocycles. The topological polar surface area (TPSA) is 20.2 Å². The minimum Gasteiger partial charge on any atom is -0.396 e. The number of aliphatic hydroxyl groups excluding tert-OH is 1. The monoisotopic (exact) mass is 208 g/mol. The van der Waals surface area contributed by atoms with Crippen molar-refractivity contribution in [1.29, 1.82) is 0 Å². The first-order chi connectivity index (χ1) is 7.41. The summed E-state index contributed by atoms with van der Waals surface area (Å²) in [7, 11) is 0. The highest BCUT2D eigenvalue weighted by Gasteiger charge is 1.80. The molecule has 0 aromatic rings. The molecule has 0 aromatic heterocycles. The second-order valence-corrected chi connectivity index (χ2v) is 3.50. The highest BCUT2D eigenvalue weighted by molar-refractivity contribution is 4.92. The zero-order valence-electron chi connectivity index (χ0n) is 9.86. The Morgan fingerprint density at radius 3 is 2.07 bits per heavy atom. The van der Waals surface area contributed by atoms with Crippen LogP contribution in [-0.2, 0) is 0 Å². The van der Waals surface area contributed by atoms with Crippen LogP contribution < -0.4 is 0 Å². The van der Waals surface area contributed by atoms with Crippen LogP contribution in [0.5, 0.6) is 0 Å². The zero-order chi connectivity index (χ0) is 11.2. The second-order valence-electron chi connectivity index (χ2n) is 3.50. The molecule has 0 saturated heterocycles. The van der Waals surface area contributed by atoms with Crippen molar-refractivity contribution < 1.29 is 5.11 Å². The fraction of sp³-hybridized carbons (Fsp3) is 0.571. The van der Waals surface area contributed by atoms with Crippen LogP contribution in [0.4, 0.5) is 0 Å². The van der Waals surface area contributed by atoms with Crippen LogP contribution in [0.15, 0.2) is 36.5 Å². The van der Waals surface area contributed by atoms with E-state index in [4.69, 9.17) is 5.11 Å². The van der Waals surface area contributed by atoms with Crippen molar-refractivity contribution >= 4 is 0 Å². The van der Waals surface area contributed by atoms with Crippen molar-refractivity contribution in [3.63, 3.8) is 0 Å². The average molecular weight is 208 g/mol. The van der Waals surface area contributed by atoms with Crippen LogP contribution in [0.1, 0.15) is 45.4 Å². The molecule has 0 heterocycles. The van der Waals surface area contributed by atoms with Gasteiger partial charge in [0.2, 0.25) is 0 Å². The smallest absolute Gasteiger partial charge is 0.0465 e. The molecule has 0 atom stereocenters. The molecule has 0 saturated carbocycles. The molecular weight excluding hydrogens is 184 g/mol. The van der Waals surface area contributed by atoms with Gasteiger partial charge in [0.1, 0.15) is 0 Å². The Morgan fingerprint density at radius 1 is 0.800 bits per heavy atom. The molecule has 0 aromatic carbocycles. The molecule has 1 nitrogen and oxygen atoms in total. The van der Waals surface area contributed by atoms with Crippen LogP contribution in [0.3, 0.4) is 0 Å². The number of rotatable bonds is 9. The first-order valence-electron chi connectivity index (χ1n) is 5.97. The van der Waals surface area contributed by atoms with Gasteiger partial charge in [-0.25, -0.2) is 0 Å². The van der Waals surface area contributed by atoms with E-state index in [1.807, 2.05) is 6.08 Å². The van der Waals surface area contributed by atoms with Gasteiger partial charge in [-0.1, -0.05) is 43.4 Å². The third-order valence-electron chi connectivity index (χ3n) is 2.05. The van der Waals surface area contributed by atoms with Gasteiger partial charge >= 0.3 is 0 Å². The number of allylic oxidation sites excluding steroid dienone is 5. The quantitative estimate of drug-likeness (QED) is 0.448. The lowest BCUT2D eigenvalue weighted by atomic mass is 10.2. The molecule has 0 spiro atoms. The van der Waals surface area contributed by atoms with Gasteiger partial charge in [0, 0.05) is 6.61 Å². The van der Waals surface area contributed by atoms with Gasteiger partial charge in [-0.2, -0.15) is 0 Å². The van der Waals surface area contributed by atoms with Crippen LogP contribution >= 0.6 is 0 Å². The molecule has 15 heavy (non-hydrogen) atoms. The molecule has 0 rings (SSSR count). The molecule has 86 valence electrons. The van der Waals surface area contributed by atoms with Crippen molar-refractivity contribution in [2.45, 2.75) is 45.4 Å². The summed E-state index contributed by atoms with van der Waals surface area (Å²) in [5.41, 5.74) is 0. The van der Waals surface area contributed by atoms with Gasteiger partial charge in [-0.05, 0) is 38.5 Å². The molecule has 0 amide bonds. The third-order valence-corrected chi connectivity index (χ3v) is 2.05. The Morgan fingerprint density at radius 2 is 1.40 bits per heavy atom. The number of hydrogen-bond acceptors (Lipinski definition) is 1. The van der Waals surface area contributed by atoms with Crippen molar-refractivity contribution in [2.75, 3.05) is 6.61 Å². The zero-order valence-corrected chi connectivity index (χ0v) is 9.86. The van der Waals surface area contributed by atoms with E-state index in [1.54, 1.807) is 0 Å². The summed E-state index contributed by atoms with van der Waals surface area (Å²) in [4.78, 5) is 0. The van der Waals surface area contributed by atoms with E-state index in [2.05, 4.69) is 37.3 Å². The average Bonchev–Trinajstić information content (AvgIpc) is 2.26. The molecular formula is C14H24O. The van der Waals surface area contributed by atoms with E-state index in [9.17, 15) is 0 Å². The SMILES string of the molecule is CC/C=C\C/C=C\CCC/C=C/CCO. The molecule has 0 bridgehead atoms. The van der Waals surface area contributed by atoms with Gasteiger partial charge in [0.25, 0.3) is 0 Å². The van der Waals surface area contributed by atoms with Gasteiger partial charge in [-0.15, -0.1) is 0 Å². The van der Waals surface area contributed by atoms with Crippen LogP contribution in [0, 0.1) is 0 Å². The predicted molar refractivity (Wildman–Crippen MR) is 67.9 cm³/mol. The summed E-state index contributed by atoms with van der Waals surface area (Å²) in [6.07, 6.45) is 19.5. The van der Waals surface area contributed by atoms with Crippen LogP contribution in [0.2, 0.25) is 0 Å². The Balaban J connectivity index is 3.19. The maximum atomic E-state index is 8.54. The van der Waals surface area contributed by atoms with Crippen LogP contribution in [-0.4, -0.2) is 11.7 Å². The first-order valence-corrected chi connectivity index (χ1v) is 5.97. The van der Waals surface area contributed by atoms with E-state index in [0.29, 0.717) is 0 Å². The lowest BCUT2D eigenvalue weighted by Gasteiger charge is -1.90. The summed E-state index contributed by atoms with van der Waals surface area (Å²) >= 11 is 0. The Hall–Kier alpha value is -0.820. The third kappa shape index (κ3) is 13.2. The standard InChI is InChI=1S/C14H24O/c1-2-3-4-5-6-7-8-9-10-11-12-13-14-15/h3-4,6-7,11-12,15H,2,5,8-10,13-14H2,1H3/b4-3-,7-6-,12-11+. The number of aliphatic hydroxyl groups is 1. The first kappa shape index (κ1) is 14.2. The minimum atomic E-state index is 0.264. The second kappa shape index (κ2) is 13.2. The molecule has 1 N–H and O–H groups in total. The number of hydrogen-bond donors (Lipinski definition) is 1. The van der Waals surface area contributed by atoms with Crippen molar-refractivity contribution in [3.8, 4) is 0 Å². The lowest BCUT2D eigenvalue weighted by molar-refractivity contribution is 0.302. The largest absolute Gasteiger partial charge is 0.396 e. The highest BCUT2D eigenvalue weighted by atomic mass is 16.2. The van der Waals surface area contributed by atoms with E-state index in [1.165, 1.54) is 6.42 Å². The maximum Gasteiger partial charge on any atom is 0.0465 e. The van der Waals surface area contributed by atoms with E-state index < -0.39 is 0 Å². The highest BCUT2D eigenvalue weighted by Crippen LogP contribution is 1.99. The van der Waals surface area contributed by atoms with Gasteiger partial charge in [0.05, 0.1) is 0 Å². The van der Waals surface area contributed by atoms with Gasteiger partial charge in [-0.3, -0.25) is 0 Å². The van der Waals surface area contributed by atoms with Crippen molar-refractivity contribution in [1.82, 2.24) is 0 Å². The molecule has 1 heteroatoms. The lowest BCUT2D eigenvalue weighted by Crippen LogP contribution is -1.75. The number of unbranched alkanes of at least 4 members (excludes halogenated alkanes) is 2. The fourth-order valence-corrected chi connectivity index (χ4v) is 1.22. The summed E-state index contributed by atoms with van der Waals surface area (Å²) < 4.78 is 0. The minimum absolute atomic E-state index is 0.264.